The van der Waals surface area contributed by atoms with Gasteiger partial charge in [0.2, 0.25) is 0 Å². The molecule has 0 unspecified atom stereocenters. The maximum absolute atomic E-state index is 5.84. The fourth-order valence-electron chi connectivity index (χ4n) is 2.44. The Morgan fingerprint density at radius 3 is 2.68 bits per heavy atom. The molecule has 25 heavy (non-hydrogen) atoms. The molecule has 0 saturated heterocycles. The highest BCUT2D eigenvalue weighted by Gasteiger charge is 2.06. The van der Waals surface area contributed by atoms with E-state index in [2.05, 4.69) is 31.0 Å². The van der Waals surface area contributed by atoms with Gasteiger partial charge in [0.15, 0.2) is 11.5 Å². The van der Waals surface area contributed by atoms with Crippen molar-refractivity contribution >= 4 is 33.7 Å². The summed E-state index contributed by atoms with van der Waals surface area (Å²) < 4.78 is 12.5. The zero-order chi connectivity index (χ0) is 17.6. The van der Waals surface area contributed by atoms with Crippen LogP contribution in [-0.2, 0) is 0 Å². The first kappa shape index (κ1) is 17.5. The van der Waals surface area contributed by atoms with E-state index in [0.29, 0.717) is 12.5 Å². The fourth-order valence-corrected chi connectivity index (χ4v) is 3.31. The van der Waals surface area contributed by atoms with E-state index >= 15 is 0 Å². The third-order valence-electron chi connectivity index (χ3n) is 3.87. The minimum Gasteiger partial charge on any atom is -0.493 e. The fraction of sp³-hybridized carbons (Fsp3) is 0.286. The van der Waals surface area contributed by atoms with Crippen LogP contribution in [0.5, 0.6) is 11.5 Å². The van der Waals surface area contributed by atoms with Crippen LogP contribution < -0.4 is 9.47 Å². The Morgan fingerprint density at radius 2 is 1.92 bits per heavy atom. The molecule has 3 nitrogen and oxygen atoms in total. The molecule has 0 spiro atoms. The number of ether oxygens (including phenoxy) is 2. The highest BCUT2D eigenvalue weighted by molar-refractivity contribution is 7.19. The lowest BCUT2D eigenvalue weighted by Crippen LogP contribution is -2.02. The molecule has 4 heteroatoms. The van der Waals surface area contributed by atoms with Gasteiger partial charge in [-0.15, -0.1) is 11.3 Å². The number of rotatable bonds is 7. The Kier molecular flexibility index (Phi) is 5.71. The summed E-state index contributed by atoms with van der Waals surface area (Å²) in [7, 11) is 1.67. The van der Waals surface area contributed by atoms with E-state index in [1.165, 1.54) is 4.70 Å². The minimum atomic E-state index is 0.627. The summed E-state index contributed by atoms with van der Waals surface area (Å²) in [6, 6.07) is 14.2. The molecule has 130 valence electrons. The molecule has 3 aromatic rings. The normalized spacial score (nSPS) is 11.5. The summed E-state index contributed by atoms with van der Waals surface area (Å²) in [4.78, 5) is 4.62. The largest absolute Gasteiger partial charge is 0.493 e. The zero-order valence-corrected chi connectivity index (χ0v) is 15.7. The van der Waals surface area contributed by atoms with Gasteiger partial charge in [-0.25, -0.2) is 4.98 Å². The second-order valence-electron chi connectivity index (χ2n) is 6.29. The van der Waals surface area contributed by atoms with Gasteiger partial charge in [-0.05, 0) is 48.2 Å². The van der Waals surface area contributed by atoms with Crippen LogP contribution in [0.4, 0.5) is 0 Å². The van der Waals surface area contributed by atoms with Crippen molar-refractivity contribution in [3.63, 3.8) is 0 Å². The summed E-state index contributed by atoms with van der Waals surface area (Å²) in [5.41, 5.74) is 2.10. The van der Waals surface area contributed by atoms with Crippen LogP contribution in [0.2, 0.25) is 0 Å². The van der Waals surface area contributed by atoms with Gasteiger partial charge >= 0.3 is 0 Å². The van der Waals surface area contributed by atoms with Gasteiger partial charge < -0.3 is 9.47 Å². The van der Waals surface area contributed by atoms with Crippen LogP contribution in [0.3, 0.4) is 0 Å². The van der Waals surface area contributed by atoms with Gasteiger partial charge in [0.05, 0.1) is 23.9 Å². The van der Waals surface area contributed by atoms with Crippen LogP contribution in [-0.4, -0.2) is 18.7 Å². The maximum atomic E-state index is 5.84. The quantitative estimate of drug-likeness (QED) is 0.530. The molecule has 1 heterocycles. The molecular formula is C21H23NO2S. The highest BCUT2D eigenvalue weighted by Crippen LogP contribution is 2.29. The molecule has 0 aliphatic carbocycles. The van der Waals surface area contributed by atoms with Crippen molar-refractivity contribution in [1.82, 2.24) is 4.98 Å². The van der Waals surface area contributed by atoms with E-state index < -0.39 is 0 Å². The third kappa shape index (κ3) is 4.60. The Morgan fingerprint density at radius 1 is 1.08 bits per heavy atom. The Hall–Kier alpha value is -2.33. The van der Waals surface area contributed by atoms with E-state index in [1.54, 1.807) is 18.4 Å². The number of hydrogen-bond donors (Lipinski definition) is 0. The minimum absolute atomic E-state index is 0.627. The summed E-state index contributed by atoms with van der Waals surface area (Å²) in [6.45, 7) is 5.09. The smallest absolute Gasteiger partial charge is 0.161 e. The van der Waals surface area contributed by atoms with Crippen molar-refractivity contribution in [2.45, 2.75) is 20.3 Å². The third-order valence-corrected chi connectivity index (χ3v) is 4.87. The highest BCUT2D eigenvalue weighted by atomic mass is 32.1. The number of aromatic nitrogens is 1. The summed E-state index contributed by atoms with van der Waals surface area (Å²) in [5, 5.41) is 0.998. The van der Waals surface area contributed by atoms with Gasteiger partial charge in [-0.1, -0.05) is 38.1 Å². The van der Waals surface area contributed by atoms with E-state index in [9.17, 15) is 0 Å². The summed E-state index contributed by atoms with van der Waals surface area (Å²) in [6.07, 6.45) is 5.12. The molecular weight excluding hydrogens is 330 g/mol. The molecule has 0 radical (unpaired) electrons. The molecule has 0 aliphatic heterocycles. The molecule has 0 fully saturated rings. The topological polar surface area (TPSA) is 31.4 Å². The maximum Gasteiger partial charge on any atom is 0.161 e. The first-order chi connectivity index (χ1) is 12.2. The van der Waals surface area contributed by atoms with Crippen molar-refractivity contribution in [1.29, 1.82) is 0 Å². The zero-order valence-electron chi connectivity index (χ0n) is 14.9. The van der Waals surface area contributed by atoms with E-state index in [4.69, 9.17) is 9.47 Å². The van der Waals surface area contributed by atoms with Gasteiger partial charge in [0, 0.05) is 0 Å². The SMILES string of the molecule is COc1cc(/C=C/c2nc3ccccc3s2)ccc1OCCC(C)C. The molecule has 0 amide bonds. The lowest BCUT2D eigenvalue weighted by atomic mass is 10.1. The van der Waals surface area contributed by atoms with Crippen LogP contribution in [0, 0.1) is 5.92 Å². The molecule has 1 aromatic heterocycles. The predicted molar refractivity (Wildman–Crippen MR) is 106 cm³/mol. The first-order valence-corrected chi connectivity index (χ1v) is 9.32. The average Bonchev–Trinajstić information content (AvgIpc) is 3.03. The monoisotopic (exact) mass is 353 g/mol. The van der Waals surface area contributed by atoms with Crippen LogP contribution in [0.25, 0.3) is 22.4 Å². The Bertz CT molecular complexity index is 834. The van der Waals surface area contributed by atoms with Gasteiger partial charge in [-0.2, -0.15) is 0 Å². The summed E-state index contributed by atoms with van der Waals surface area (Å²) in [5.74, 6) is 2.18. The van der Waals surface area contributed by atoms with Gasteiger partial charge in [-0.3, -0.25) is 0 Å². The van der Waals surface area contributed by atoms with Crippen molar-refractivity contribution < 1.29 is 9.47 Å². The van der Waals surface area contributed by atoms with E-state index in [-0.39, 0.29) is 0 Å². The van der Waals surface area contributed by atoms with E-state index in [0.717, 1.165) is 34.0 Å². The second-order valence-corrected chi connectivity index (χ2v) is 7.36. The van der Waals surface area contributed by atoms with Gasteiger partial charge in [0.1, 0.15) is 5.01 Å². The predicted octanol–water partition coefficient (Wildman–Crippen LogP) is 5.90. The molecule has 0 saturated carbocycles. The van der Waals surface area contributed by atoms with Crippen molar-refractivity contribution in [3.05, 3.63) is 53.0 Å². The lowest BCUT2D eigenvalue weighted by molar-refractivity contribution is 0.273. The van der Waals surface area contributed by atoms with Crippen molar-refractivity contribution in [2.75, 3.05) is 13.7 Å². The van der Waals surface area contributed by atoms with Crippen LogP contribution in [0.15, 0.2) is 42.5 Å². The molecule has 2 aromatic carbocycles. The van der Waals surface area contributed by atoms with Crippen LogP contribution in [0.1, 0.15) is 30.8 Å². The van der Waals surface area contributed by atoms with Crippen LogP contribution >= 0.6 is 11.3 Å². The number of hydrogen-bond acceptors (Lipinski definition) is 4. The van der Waals surface area contributed by atoms with E-state index in [1.807, 2.05) is 42.5 Å². The molecule has 0 N–H and O–H groups in total. The molecule has 0 aliphatic rings. The number of benzene rings is 2. The number of para-hydroxylation sites is 1. The summed E-state index contributed by atoms with van der Waals surface area (Å²) >= 11 is 1.69. The molecule has 0 bridgehead atoms. The second kappa shape index (κ2) is 8.17. The lowest BCUT2D eigenvalue weighted by Gasteiger charge is -2.12. The Balaban J connectivity index is 1.73. The number of fused-ring (bicyclic) bond motifs is 1. The average molecular weight is 353 g/mol. The molecule has 3 rings (SSSR count). The molecule has 0 atom stereocenters. The van der Waals surface area contributed by atoms with Gasteiger partial charge in [0.25, 0.3) is 0 Å². The first-order valence-electron chi connectivity index (χ1n) is 8.50. The number of methoxy groups -OCH3 is 1. The number of thiazole rings is 1. The number of nitrogens with zero attached hydrogens (tertiary/aromatic N) is 1. The van der Waals surface area contributed by atoms with Crippen molar-refractivity contribution in [3.8, 4) is 11.5 Å². The Labute approximate surface area is 152 Å². The van der Waals surface area contributed by atoms with Crippen molar-refractivity contribution in [2.24, 2.45) is 5.92 Å². The standard InChI is InChI=1S/C21H23NO2S/c1-15(2)12-13-24-18-10-8-16(14-19(18)23-3)9-11-21-22-17-6-4-5-7-20(17)25-21/h4-11,14-15H,12-13H2,1-3H3/b11-9+.